The van der Waals surface area contributed by atoms with Crippen LogP contribution in [0, 0.1) is 0 Å². The molecule has 1 fully saturated rings. The number of pyridine rings is 1. The van der Waals surface area contributed by atoms with E-state index in [0.29, 0.717) is 23.8 Å². The van der Waals surface area contributed by atoms with Crippen molar-refractivity contribution in [3.63, 3.8) is 0 Å². The first kappa shape index (κ1) is 22.9. The zero-order valence-corrected chi connectivity index (χ0v) is 19.5. The van der Waals surface area contributed by atoms with Crippen molar-refractivity contribution in [1.29, 1.82) is 0 Å². The summed E-state index contributed by atoms with van der Waals surface area (Å²) < 4.78 is 0. The zero-order valence-electron chi connectivity index (χ0n) is 16.4. The summed E-state index contributed by atoms with van der Waals surface area (Å²) in [5.41, 5.74) is 2.41. The van der Waals surface area contributed by atoms with Crippen molar-refractivity contribution in [3.05, 3.63) is 64.9 Å². The van der Waals surface area contributed by atoms with Crippen LogP contribution in [0.25, 0.3) is 0 Å². The summed E-state index contributed by atoms with van der Waals surface area (Å²) in [5.74, 6) is 0.853. The van der Waals surface area contributed by atoms with E-state index in [1.807, 2.05) is 6.07 Å². The molecule has 0 bridgehead atoms. The minimum atomic E-state index is 0. The van der Waals surface area contributed by atoms with Gasteiger partial charge in [0.05, 0.1) is 6.54 Å². The lowest BCUT2D eigenvalue weighted by Crippen LogP contribution is -2.44. The molecule has 5 nitrogen and oxygen atoms in total. The Bertz CT molecular complexity index is 738. The monoisotopic (exact) mass is 513 g/mol. The number of benzene rings is 1. The van der Waals surface area contributed by atoms with Gasteiger partial charge in [0.1, 0.15) is 5.15 Å². The fraction of sp³-hybridized carbons (Fsp3) is 0.429. The Morgan fingerprint density at radius 2 is 2.00 bits per heavy atom. The second-order valence-corrected chi connectivity index (χ2v) is 7.41. The maximum atomic E-state index is 5.85. The van der Waals surface area contributed by atoms with Gasteiger partial charge in [-0.1, -0.05) is 48.0 Å². The number of nitrogens with zero attached hydrogens (tertiary/aromatic N) is 3. The first-order valence-corrected chi connectivity index (χ1v) is 9.95. The number of aromatic nitrogens is 1. The number of guanidine groups is 1. The quantitative estimate of drug-likeness (QED) is 0.265. The predicted octanol–water partition coefficient (Wildman–Crippen LogP) is 4.07. The van der Waals surface area contributed by atoms with E-state index >= 15 is 0 Å². The van der Waals surface area contributed by atoms with Crippen molar-refractivity contribution in [1.82, 2.24) is 20.5 Å². The van der Waals surface area contributed by atoms with Crippen LogP contribution in [0.2, 0.25) is 5.15 Å². The van der Waals surface area contributed by atoms with Gasteiger partial charge in [0, 0.05) is 37.9 Å². The molecule has 1 aromatic carbocycles. The summed E-state index contributed by atoms with van der Waals surface area (Å²) in [6.45, 7) is 7.80. The summed E-state index contributed by atoms with van der Waals surface area (Å²) in [6, 6.07) is 15.4. The first-order valence-electron chi connectivity index (χ1n) is 9.57. The maximum Gasteiger partial charge on any atom is 0.191 e. The molecule has 2 aromatic rings. The van der Waals surface area contributed by atoms with Gasteiger partial charge in [0.25, 0.3) is 0 Å². The number of rotatable bonds is 6. The molecular weight excluding hydrogens is 485 g/mol. The third kappa shape index (κ3) is 6.90. The molecule has 3 rings (SSSR count). The lowest BCUT2D eigenvalue weighted by atomic mass is 10.2. The highest BCUT2D eigenvalue weighted by atomic mass is 127. The van der Waals surface area contributed by atoms with Crippen LogP contribution in [0.1, 0.15) is 31.4 Å². The largest absolute Gasteiger partial charge is 0.357 e. The van der Waals surface area contributed by atoms with E-state index in [2.05, 4.69) is 64.7 Å². The molecule has 2 unspecified atom stereocenters. The fourth-order valence-electron chi connectivity index (χ4n) is 3.42. The van der Waals surface area contributed by atoms with Crippen LogP contribution in [0.5, 0.6) is 0 Å². The third-order valence-electron chi connectivity index (χ3n) is 4.83. The van der Waals surface area contributed by atoms with Gasteiger partial charge in [-0.25, -0.2) is 9.98 Å². The molecule has 1 saturated heterocycles. The topological polar surface area (TPSA) is 52.6 Å². The number of likely N-dealkylation sites (tertiary alicyclic amines) is 1. The SMILES string of the molecule is CCNC(=NCc1ccc(Cl)nc1)NC1CC(C)N(Cc2ccccc2)C1.I. The van der Waals surface area contributed by atoms with Crippen molar-refractivity contribution in [2.75, 3.05) is 13.1 Å². The Morgan fingerprint density at radius 1 is 1.21 bits per heavy atom. The fourth-order valence-corrected chi connectivity index (χ4v) is 3.54. The lowest BCUT2D eigenvalue weighted by molar-refractivity contribution is 0.258. The Kier molecular flexibility index (Phi) is 9.47. The molecule has 2 N–H and O–H groups in total. The zero-order chi connectivity index (χ0) is 19.1. The Balaban J connectivity index is 0.00000280. The maximum absolute atomic E-state index is 5.85. The second kappa shape index (κ2) is 11.6. The van der Waals surface area contributed by atoms with Crippen molar-refractivity contribution in [3.8, 4) is 0 Å². The van der Waals surface area contributed by atoms with E-state index in [1.165, 1.54) is 5.56 Å². The average molecular weight is 514 g/mol. The highest BCUT2D eigenvalue weighted by Crippen LogP contribution is 2.20. The van der Waals surface area contributed by atoms with Crippen LogP contribution >= 0.6 is 35.6 Å². The summed E-state index contributed by atoms with van der Waals surface area (Å²) in [7, 11) is 0. The van der Waals surface area contributed by atoms with Crippen LogP contribution in [-0.2, 0) is 13.1 Å². The standard InChI is InChI=1S/C21H28ClN5.HI/c1-3-23-21(25-13-18-9-10-20(22)24-12-18)26-19-11-16(2)27(15-19)14-17-7-5-4-6-8-17;/h4-10,12,16,19H,3,11,13-15H2,1-2H3,(H2,23,25,26);1H. The van der Waals surface area contributed by atoms with Gasteiger partial charge >= 0.3 is 0 Å². The first-order chi connectivity index (χ1) is 13.1. The van der Waals surface area contributed by atoms with Crippen LogP contribution < -0.4 is 10.6 Å². The van der Waals surface area contributed by atoms with Crippen molar-refractivity contribution in [2.24, 2.45) is 4.99 Å². The minimum Gasteiger partial charge on any atom is -0.357 e. The average Bonchev–Trinajstić information content (AvgIpc) is 3.01. The van der Waals surface area contributed by atoms with Crippen LogP contribution in [0.3, 0.4) is 0 Å². The number of hydrogen-bond donors (Lipinski definition) is 2. The summed E-state index contributed by atoms with van der Waals surface area (Å²) in [6.07, 6.45) is 2.88. The molecule has 1 aromatic heterocycles. The molecule has 1 aliphatic rings. The van der Waals surface area contributed by atoms with E-state index < -0.39 is 0 Å². The predicted molar refractivity (Wildman–Crippen MR) is 127 cm³/mol. The number of nitrogens with one attached hydrogen (secondary N) is 2. The molecule has 2 heterocycles. The Hall–Kier alpha value is -1.38. The molecule has 0 spiro atoms. The van der Waals surface area contributed by atoms with E-state index in [4.69, 9.17) is 16.6 Å². The highest BCUT2D eigenvalue weighted by molar-refractivity contribution is 14.0. The number of aliphatic imine (C=N–C) groups is 1. The van der Waals surface area contributed by atoms with E-state index in [9.17, 15) is 0 Å². The third-order valence-corrected chi connectivity index (χ3v) is 5.05. The summed E-state index contributed by atoms with van der Waals surface area (Å²) in [4.78, 5) is 11.3. The molecule has 28 heavy (non-hydrogen) atoms. The van der Waals surface area contributed by atoms with Gasteiger partial charge < -0.3 is 10.6 Å². The molecule has 152 valence electrons. The van der Waals surface area contributed by atoms with Crippen LogP contribution in [0.4, 0.5) is 0 Å². The van der Waals surface area contributed by atoms with Gasteiger partial charge in [0.15, 0.2) is 5.96 Å². The van der Waals surface area contributed by atoms with Crippen LogP contribution in [0.15, 0.2) is 53.7 Å². The molecule has 0 radical (unpaired) electrons. The Morgan fingerprint density at radius 3 is 2.68 bits per heavy atom. The molecular formula is C21H29ClIN5. The molecule has 0 aliphatic carbocycles. The van der Waals surface area contributed by atoms with Crippen molar-refractivity contribution >= 4 is 41.5 Å². The molecule has 0 saturated carbocycles. The Labute approximate surface area is 190 Å². The molecule has 1 aliphatic heterocycles. The smallest absolute Gasteiger partial charge is 0.191 e. The lowest BCUT2D eigenvalue weighted by Gasteiger charge is -2.21. The van der Waals surface area contributed by atoms with Gasteiger partial charge in [-0.3, -0.25) is 4.90 Å². The van der Waals surface area contributed by atoms with Gasteiger partial charge in [-0.15, -0.1) is 24.0 Å². The van der Waals surface area contributed by atoms with E-state index in [1.54, 1.807) is 12.3 Å². The van der Waals surface area contributed by atoms with E-state index in [0.717, 1.165) is 37.6 Å². The molecule has 0 amide bonds. The summed E-state index contributed by atoms with van der Waals surface area (Å²) in [5, 5.41) is 7.45. The van der Waals surface area contributed by atoms with Crippen molar-refractivity contribution < 1.29 is 0 Å². The van der Waals surface area contributed by atoms with Crippen LogP contribution in [-0.4, -0.2) is 41.0 Å². The number of hydrogen-bond acceptors (Lipinski definition) is 3. The van der Waals surface area contributed by atoms with E-state index in [-0.39, 0.29) is 24.0 Å². The number of halogens is 2. The normalized spacial score (nSPS) is 19.9. The van der Waals surface area contributed by atoms with Crippen molar-refractivity contribution in [2.45, 2.75) is 45.4 Å². The molecule has 2 atom stereocenters. The highest BCUT2D eigenvalue weighted by Gasteiger charge is 2.29. The van der Waals surface area contributed by atoms with Gasteiger partial charge in [0.2, 0.25) is 0 Å². The van der Waals surface area contributed by atoms with Gasteiger partial charge in [-0.2, -0.15) is 0 Å². The minimum absolute atomic E-state index is 0. The second-order valence-electron chi connectivity index (χ2n) is 7.03. The summed E-state index contributed by atoms with van der Waals surface area (Å²) >= 11 is 5.85. The molecule has 7 heteroatoms. The van der Waals surface area contributed by atoms with Gasteiger partial charge in [-0.05, 0) is 37.5 Å².